The van der Waals surface area contributed by atoms with Crippen LogP contribution in [-0.2, 0) is 0 Å². The first kappa shape index (κ1) is 11.5. The summed E-state index contributed by atoms with van der Waals surface area (Å²) in [6, 6.07) is 2.96. The molecule has 4 heteroatoms. The number of hydrogen-bond acceptors (Lipinski definition) is 2. The molecule has 1 aromatic rings. The van der Waals surface area contributed by atoms with Crippen molar-refractivity contribution < 1.29 is 13.9 Å². The van der Waals surface area contributed by atoms with Crippen molar-refractivity contribution in [2.24, 2.45) is 5.92 Å². The molecule has 1 aromatic carbocycles. The summed E-state index contributed by atoms with van der Waals surface area (Å²) in [5.41, 5.74) is 0.459. The van der Waals surface area contributed by atoms with Crippen molar-refractivity contribution >= 4 is 0 Å². The lowest BCUT2D eigenvalue weighted by Gasteiger charge is -2.16. The summed E-state index contributed by atoms with van der Waals surface area (Å²) in [6.07, 6.45) is 2.39. The van der Waals surface area contributed by atoms with E-state index < -0.39 is 11.6 Å². The molecule has 0 aliphatic heterocycles. The van der Waals surface area contributed by atoms with Gasteiger partial charge >= 0.3 is 0 Å². The molecule has 1 atom stereocenters. The topological polar surface area (TPSA) is 32.3 Å². The Balaban J connectivity index is 2.04. The average molecular weight is 227 g/mol. The zero-order valence-corrected chi connectivity index (χ0v) is 8.92. The normalized spacial score (nSPS) is 17.4. The zero-order valence-electron chi connectivity index (χ0n) is 8.92. The molecule has 16 heavy (non-hydrogen) atoms. The third-order valence-electron chi connectivity index (χ3n) is 2.82. The minimum Gasteiger partial charge on any atom is -0.394 e. The van der Waals surface area contributed by atoms with Gasteiger partial charge in [-0.2, -0.15) is 0 Å². The number of aliphatic hydroxyl groups is 1. The minimum absolute atomic E-state index is 0.157. The first-order valence-corrected chi connectivity index (χ1v) is 5.49. The second kappa shape index (κ2) is 4.89. The molecule has 1 fully saturated rings. The van der Waals surface area contributed by atoms with Crippen LogP contribution in [0.3, 0.4) is 0 Å². The Labute approximate surface area is 93.3 Å². The summed E-state index contributed by atoms with van der Waals surface area (Å²) in [5.74, 6) is -0.559. The van der Waals surface area contributed by atoms with Gasteiger partial charge in [-0.25, -0.2) is 8.78 Å². The van der Waals surface area contributed by atoms with Gasteiger partial charge in [-0.3, -0.25) is 0 Å². The average Bonchev–Trinajstić information content (AvgIpc) is 3.01. The van der Waals surface area contributed by atoms with E-state index in [0.29, 0.717) is 11.5 Å². The monoisotopic (exact) mass is 227 g/mol. The van der Waals surface area contributed by atoms with Crippen molar-refractivity contribution in [2.45, 2.75) is 18.9 Å². The van der Waals surface area contributed by atoms with Gasteiger partial charge in [0.05, 0.1) is 12.6 Å². The van der Waals surface area contributed by atoms with Crippen LogP contribution in [0.4, 0.5) is 8.78 Å². The van der Waals surface area contributed by atoms with Crippen LogP contribution in [0.15, 0.2) is 18.2 Å². The number of rotatable bonds is 5. The largest absolute Gasteiger partial charge is 0.394 e. The third kappa shape index (κ3) is 3.00. The predicted molar refractivity (Wildman–Crippen MR) is 56.9 cm³/mol. The molecule has 0 saturated heterocycles. The van der Waals surface area contributed by atoms with Gasteiger partial charge in [-0.15, -0.1) is 0 Å². The van der Waals surface area contributed by atoms with Gasteiger partial charge in [0.25, 0.3) is 0 Å². The van der Waals surface area contributed by atoms with E-state index in [0.717, 1.165) is 12.6 Å². The first-order chi connectivity index (χ1) is 7.69. The van der Waals surface area contributed by atoms with Gasteiger partial charge in [0.15, 0.2) is 0 Å². The number of benzene rings is 1. The summed E-state index contributed by atoms with van der Waals surface area (Å²) in [5, 5.41) is 12.3. The number of hydrogen-bond donors (Lipinski definition) is 2. The number of aliphatic hydroxyl groups excluding tert-OH is 1. The highest BCUT2D eigenvalue weighted by Gasteiger charge is 2.22. The summed E-state index contributed by atoms with van der Waals surface area (Å²) in [4.78, 5) is 0. The van der Waals surface area contributed by atoms with Crippen molar-refractivity contribution in [1.29, 1.82) is 0 Å². The summed E-state index contributed by atoms with van der Waals surface area (Å²) < 4.78 is 26.0. The van der Waals surface area contributed by atoms with Crippen molar-refractivity contribution in [3.63, 3.8) is 0 Å². The van der Waals surface area contributed by atoms with E-state index in [9.17, 15) is 13.9 Å². The van der Waals surface area contributed by atoms with Gasteiger partial charge in [0, 0.05) is 6.07 Å². The van der Waals surface area contributed by atoms with E-state index in [-0.39, 0.29) is 12.6 Å². The molecule has 1 aliphatic rings. The van der Waals surface area contributed by atoms with E-state index in [2.05, 4.69) is 5.32 Å². The van der Waals surface area contributed by atoms with E-state index in [1.807, 2.05) is 0 Å². The number of nitrogens with one attached hydrogen (secondary N) is 1. The molecule has 0 spiro atoms. The Morgan fingerprint density at radius 1 is 1.25 bits per heavy atom. The van der Waals surface area contributed by atoms with Crippen molar-refractivity contribution in [2.75, 3.05) is 13.2 Å². The SMILES string of the molecule is OCC(NCC1CC1)c1cc(F)cc(F)c1. The lowest BCUT2D eigenvalue weighted by atomic mass is 10.1. The van der Waals surface area contributed by atoms with Crippen LogP contribution in [0.1, 0.15) is 24.4 Å². The van der Waals surface area contributed by atoms with Crippen LogP contribution in [-0.4, -0.2) is 18.3 Å². The van der Waals surface area contributed by atoms with Crippen molar-refractivity contribution in [1.82, 2.24) is 5.32 Å². The maximum Gasteiger partial charge on any atom is 0.126 e. The van der Waals surface area contributed by atoms with E-state index in [1.54, 1.807) is 0 Å². The molecule has 0 amide bonds. The zero-order chi connectivity index (χ0) is 11.5. The summed E-state index contributed by atoms with van der Waals surface area (Å²) in [6.45, 7) is 0.638. The van der Waals surface area contributed by atoms with E-state index >= 15 is 0 Å². The lowest BCUT2D eigenvalue weighted by molar-refractivity contribution is 0.243. The molecule has 1 aliphatic carbocycles. The molecule has 0 radical (unpaired) electrons. The second-order valence-electron chi connectivity index (χ2n) is 4.29. The molecule has 2 rings (SSSR count). The van der Waals surface area contributed by atoms with Gasteiger partial charge in [-0.05, 0) is 43.0 Å². The second-order valence-corrected chi connectivity index (χ2v) is 4.29. The van der Waals surface area contributed by atoms with Crippen LogP contribution in [0, 0.1) is 17.6 Å². The molecule has 88 valence electrons. The Hall–Kier alpha value is -1.00. The van der Waals surface area contributed by atoms with Crippen LogP contribution in [0.5, 0.6) is 0 Å². The summed E-state index contributed by atoms with van der Waals surface area (Å²) in [7, 11) is 0. The predicted octanol–water partition coefficient (Wildman–Crippen LogP) is 2.00. The van der Waals surface area contributed by atoms with E-state index in [4.69, 9.17) is 0 Å². The standard InChI is InChI=1S/C12H15F2NO/c13-10-3-9(4-11(14)5-10)12(7-16)15-6-8-1-2-8/h3-5,8,12,15-16H,1-2,6-7H2. The molecule has 2 N–H and O–H groups in total. The van der Waals surface area contributed by atoms with E-state index in [1.165, 1.54) is 25.0 Å². The molecular weight excluding hydrogens is 212 g/mol. The first-order valence-electron chi connectivity index (χ1n) is 5.49. The molecule has 2 nitrogen and oxygen atoms in total. The lowest BCUT2D eigenvalue weighted by Crippen LogP contribution is -2.26. The van der Waals surface area contributed by atoms with Crippen molar-refractivity contribution in [3.8, 4) is 0 Å². The van der Waals surface area contributed by atoms with Crippen LogP contribution in [0.2, 0.25) is 0 Å². The molecular formula is C12H15F2NO. The molecule has 0 heterocycles. The van der Waals surface area contributed by atoms with Crippen molar-refractivity contribution in [3.05, 3.63) is 35.4 Å². The maximum absolute atomic E-state index is 13.0. The molecule has 1 saturated carbocycles. The highest BCUT2D eigenvalue weighted by Crippen LogP contribution is 2.28. The maximum atomic E-state index is 13.0. The van der Waals surface area contributed by atoms with Gasteiger partial charge in [-0.1, -0.05) is 0 Å². The van der Waals surface area contributed by atoms with Gasteiger partial charge < -0.3 is 10.4 Å². The number of halogens is 2. The Morgan fingerprint density at radius 2 is 1.88 bits per heavy atom. The fourth-order valence-electron chi connectivity index (χ4n) is 1.70. The third-order valence-corrected chi connectivity index (χ3v) is 2.82. The highest BCUT2D eigenvalue weighted by atomic mass is 19.1. The molecule has 1 unspecified atom stereocenters. The van der Waals surface area contributed by atoms with Gasteiger partial charge in [0.1, 0.15) is 11.6 Å². The van der Waals surface area contributed by atoms with Crippen LogP contribution in [0.25, 0.3) is 0 Å². The van der Waals surface area contributed by atoms with Crippen LogP contribution < -0.4 is 5.32 Å². The minimum atomic E-state index is -0.610. The molecule has 0 aromatic heterocycles. The highest BCUT2D eigenvalue weighted by molar-refractivity contribution is 5.21. The fraction of sp³-hybridized carbons (Fsp3) is 0.500. The smallest absolute Gasteiger partial charge is 0.126 e. The van der Waals surface area contributed by atoms with Crippen LogP contribution >= 0.6 is 0 Å². The Kier molecular flexibility index (Phi) is 3.51. The fourth-order valence-corrected chi connectivity index (χ4v) is 1.70. The Bertz CT molecular complexity index is 346. The Morgan fingerprint density at radius 3 is 2.38 bits per heavy atom. The quantitative estimate of drug-likeness (QED) is 0.806. The van der Waals surface area contributed by atoms with Gasteiger partial charge in [0.2, 0.25) is 0 Å². The summed E-state index contributed by atoms with van der Waals surface area (Å²) >= 11 is 0. The molecule has 0 bridgehead atoms.